The van der Waals surface area contributed by atoms with Gasteiger partial charge in [0.15, 0.2) is 0 Å². The summed E-state index contributed by atoms with van der Waals surface area (Å²) in [5.41, 5.74) is 2.78. The highest BCUT2D eigenvalue weighted by atomic mass is 16.5. The Morgan fingerprint density at radius 3 is 2.27 bits per heavy atom. The SMILES string of the molecule is Cc1ccc(/C(C#N)=C2/Cc3cc(C#N)c(C#N)cc3N(O)C2=O)cc1. The molecular formula is C20H12N4O2. The number of nitrogens with zero attached hydrogens (tertiary/aromatic N) is 4. The van der Waals surface area contributed by atoms with Gasteiger partial charge in [0.05, 0.1) is 22.4 Å². The molecule has 1 aliphatic heterocycles. The van der Waals surface area contributed by atoms with Crippen LogP contribution in [0.1, 0.15) is 27.8 Å². The van der Waals surface area contributed by atoms with E-state index in [1.165, 1.54) is 12.1 Å². The molecule has 0 saturated carbocycles. The van der Waals surface area contributed by atoms with Crippen molar-refractivity contribution in [1.29, 1.82) is 15.8 Å². The van der Waals surface area contributed by atoms with Crippen LogP contribution in [0.2, 0.25) is 0 Å². The summed E-state index contributed by atoms with van der Waals surface area (Å²) in [7, 11) is 0. The van der Waals surface area contributed by atoms with E-state index in [1.807, 2.05) is 37.3 Å². The Morgan fingerprint density at radius 2 is 1.69 bits per heavy atom. The Bertz CT molecular complexity index is 1080. The zero-order valence-corrected chi connectivity index (χ0v) is 13.8. The monoisotopic (exact) mass is 340 g/mol. The lowest BCUT2D eigenvalue weighted by molar-refractivity contribution is -0.120. The zero-order valence-electron chi connectivity index (χ0n) is 13.8. The summed E-state index contributed by atoms with van der Waals surface area (Å²) in [5, 5.41) is 38.6. The number of hydrogen-bond acceptors (Lipinski definition) is 5. The molecule has 6 nitrogen and oxygen atoms in total. The molecule has 6 heteroatoms. The summed E-state index contributed by atoms with van der Waals surface area (Å²) in [5.74, 6) is -0.719. The van der Waals surface area contributed by atoms with Crippen LogP contribution in [-0.4, -0.2) is 11.1 Å². The maximum absolute atomic E-state index is 12.6. The van der Waals surface area contributed by atoms with Crippen molar-refractivity contribution in [3.63, 3.8) is 0 Å². The van der Waals surface area contributed by atoms with Crippen LogP contribution < -0.4 is 5.06 Å². The van der Waals surface area contributed by atoms with Crippen LogP contribution in [0, 0.1) is 40.9 Å². The van der Waals surface area contributed by atoms with Gasteiger partial charge in [-0.2, -0.15) is 20.8 Å². The molecule has 0 fully saturated rings. The average molecular weight is 340 g/mol. The first-order chi connectivity index (χ1) is 12.5. The Balaban J connectivity index is 2.20. The van der Waals surface area contributed by atoms with E-state index in [0.29, 0.717) is 16.2 Å². The molecule has 1 amide bonds. The van der Waals surface area contributed by atoms with Crippen LogP contribution in [0.5, 0.6) is 0 Å². The smallest absolute Gasteiger partial charge is 0.279 e. The van der Waals surface area contributed by atoms with Gasteiger partial charge in [0, 0.05) is 12.0 Å². The number of benzene rings is 2. The zero-order chi connectivity index (χ0) is 18.8. The van der Waals surface area contributed by atoms with E-state index < -0.39 is 5.91 Å². The van der Waals surface area contributed by atoms with Crippen molar-refractivity contribution in [2.24, 2.45) is 0 Å². The first kappa shape index (κ1) is 16.9. The molecule has 1 N–H and O–H groups in total. The molecule has 0 aliphatic carbocycles. The lowest BCUT2D eigenvalue weighted by atomic mass is 9.89. The fourth-order valence-corrected chi connectivity index (χ4v) is 2.88. The number of rotatable bonds is 1. The van der Waals surface area contributed by atoms with Gasteiger partial charge in [-0.3, -0.25) is 10.0 Å². The summed E-state index contributed by atoms with van der Waals surface area (Å²) in [6, 6.07) is 15.8. The molecular weight excluding hydrogens is 328 g/mol. The molecule has 2 aromatic rings. The maximum Gasteiger partial charge on any atom is 0.279 e. The molecule has 0 atom stereocenters. The van der Waals surface area contributed by atoms with Crippen molar-refractivity contribution in [2.45, 2.75) is 13.3 Å². The van der Waals surface area contributed by atoms with E-state index in [4.69, 9.17) is 5.26 Å². The molecule has 1 heterocycles. The largest absolute Gasteiger partial charge is 0.281 e. The fraction of sp³-hybridized carbons (Fsp3) is 0.100. The number of carbonyl (C=O) groups excluding carboxylic acids is 1. The van der Waals surface area contributed by atoms with Gasteiger partial charge in [-0.05, 0) is 30.2 Å². The van der Waals surface area contributed by atoms with Crippen molar-refractivity contribution in [2.75, 3.05) is 5.06 Å². The van der Waals surface area contributed by atoms with Crippen LogP contribution in [0.15, 0.2) is 42.0 Å². The second-order valence-electron chi connectivity index (χ2n) is 5.88. The van der Waals surface area contributed by atoms with Gasteiger partial charge >= 0.3 is 0 Å². The van der Waals surface area contributed by atoms with Crippen LogP contribution in [0.25, 0.3) is 5.57 Å². The van der Waals surface area contributed by atoms with E-state index in [1.54, 1.807) is 12.1 Å². The predicted octanol–water partition coefficient (Wildman–Crippen LogP) is 2.99. The lowest BCUT2D eigenvalue weighted by Crippen LogP contribution is -2.34. The van der Waals surface area contributed by atoms with Gasteiger partial charge in [-0.25, -0.2) is 0 Å². The molecule has 0 bridgehead atoms. The highest BCUT2D eigenvalue weighted by Crippen LogP contribution is 2.34. The summed E-state index contributed by atoms with van der Waals surface area (Å²) in [6.07, 6.45) is 0.0857. The number of carbonyl (C=O) groups is 1. The van der Waals surface area contributed by atoms with E-state index in [9.17, 15) is 20.5 Å². The first-order valence-electron chi connectivity index (χ1n) is 7.71. The number of hydrogen-bond donors (Lipinski definition) is 1. The second kappa shape index (κ2) is 6.53. The number of fused-ring (bicyclic) bond motifs is 1. The lowest BCUT2D eigenvalue weighted by Gasteiger charge is -2.26. The van der Waals surface area contributed by atoms with Gasteiger partial charge in [-0.1, -0.05) is 29.8 Å². The standard InChI is InChI=1S/C20H12N4O2/c1-12-2-4-13(5-3-12)18(11-23)17-7-14-6-15(9-21)16(10-22)8-19(14)24(26)20(17)25/h2-6,8,26H,7H2,1H3/b18-17-. The highest BCUT2D eigenvalue weighted by molar-refractivity contribution is 6.13. The van der Waals surface area contributed by atoms with E-state index >= 15 is 0 Å². The fourth-order valence-electron chi connectivity index (χ4n) is 2.88. The van der Waals surface area contributed by atoms with Crippen molar-refractivity contribution in [1.82, 2.24) is 0 Å². The quantitative estimate of drug-likeness (QED) is 0.487. The minimum atomic E-state index is -0.719. The molecule has 1 aliphatic rings. The normalized spacial score (nSPS) is 14.7. The van der Waals surface area contributed by atoms with Crippen molar-refractivity contribution < 1.29 is 10.0 Å². The number of amides is 1. The van der Waals surface area contributed by atoms with Crippen LogP contribution in [-0.2, 0) is 11.2 Å². The van der Waals surface area contributed by atoms with Gasteiger partial charge in [-0.15, -0.1) is 0 Å². The number of allylic oxidation sites excluding steroid dienone is 1. The van der Waals surface area contributed by atoms with Crippen molar-refractivity contribution in [3.8, 4) is 18.2 Å². The summed E-state index contributed by atoms with van der Waals surface area (Å²) in [4.78, 5) is 12.6. The molecule has 0 radical (unpaired) electrons. The number of nitriles is 3. The summed E-state index contributed by atoms with van der Waals surface area (Å²) in [6.45, 7) is 1.91. The van der Waals surface area contributed by atoms with Gasteiger partial charge < -0.3 is 0 Å². The Hall–Kier alpha value is -3.92. The van der Waals surface area contributed by atoms with Crippen LogP contribution in [0.3, 0.4) is 0 Å². The molecule has 0 spiro atoms. The minimum absolute atomic E-state index is 0.0737. The highest BCUT2D eigenvalue weighted by Gasteiger charge is 2.31. The number of hydroxylamine groups is 1. The molecule has 0 aromatic heterocycles. The van der Waals surface area contributed by atoms with Crippen molar-refractivity contribution in [3.05, 3.63) is 69.8 Å². The molecule has 2 aromatic carbocycles. The molecule has 0 saturated heterocycles. The van der Waals surface area contributed by atoms with Crippen molar-refractivity contribution >= 4 is 17.2 Å². The second-order valence-corrected chi connectivity index (χ2v) is 5.88. The summed E-state index contributed by atoms with van der Waals surface area (Å²) < 4.78 is 0. The van der Waals surface area contributed by atoms with Gasteiger partial charge in [0.2, 0.25) is 0 Å². The minimum Gasteiger partial charge on any atom is -0.281 e. The van der Waals surface area contributed by atoms with Crippen LogP contribution >= 0.6 is 0 Å². The molecule has 3 rings (SSSR count). The molecule has 26 heavy (non-hydrogen) atoms. The summed E-state index contributed by atoms with van der Waals surface area (Å²) >= 11 is 0. The third-order valence-electron chi connectivity index (χ3n) is 4.26. The van der Waals surface area contributed by atoms with E-state index in [0.717, 1.165) is 5.56 Å². The molecule has 124 valence electrons. The van der Waals surface area contributed by atoms with Gasteiger partial charge in [0.1, 0.15) is 18.2 Å². The predicted molar refractivity (Wildman–Crippen MR) is 92.6 cm³/mol. The molecule has 0 unspecified atom stereocenters. The number of anilines is 1. The topological polar surface area (TPSA) is 112 Å². The van der Waals surface area contributed by atoms with Gasteiger partial charge in [0.25, 0.3) is 5.91 Å². The average Bonchev–Trinajstić information content (AvgIpc) is 2.66. The van der Waals surface area contributed by atoms with Crippen LogP contribution in [0.4, 0.5) is 5.69 Å². The maximum atomic E-state index is 12.6. The first-order valence-corrected chi connectivity index (χ1v) is 7.71. The Morgan fingerprint density at radius 1 is 1.08 bits per heavy atom. The van der Waals surface area contributed by atoms with E-state index in [-0.39, 0.29) is 34.4 Å². The number of aryl methyl sites for hydroxylation is 1. The van der Waals surface area contributed by atoms with E-state index in [2.05, 4.69) is 0 Å². The third-order valence-corrected chi connectivity index (χ3v) is 4.26. The Labute approximate surface area is 150 Å². The Kier molecular flexibility index (Phi) is 4.25. The third kappa shape index (κ3) is 2.70.